The molecule has 96 valence electrons. The third-order valence-corrected chi connectivity index (χ3v) is 3.02. The second-order valence-electron chi connectivity index (χ2n) is 4.32. The molecule has 1 aliphatic rings. The molecule has 1 heterocycles. The lowest BCUT2D eigenvalue weighted by Crippen LogP contribution is -2.15. The highest BCUT2D eigenvalue weighted by Gasteiger charge is 2.17. The van der Waals surface area contributed by atoms with E-state index >= 15 is 0 Å². The second kappa shape index (κ2) is 6.68. The van der Waals surface area contributed by atoms with Crippen LogP contribution in [-0.4, -0.2) is 25.2 Å². The SMILES string of the molecule is Cc1cc(OC2CCOC2)ccc1C#CCCCl. The van der Waals surface area contributed by atoms with E-state index in [4.69, 9.17) is 21.1 Å². The number of benzene rings is 1. The Bertz CT molecular complexity index is 453. The molecule has 0 aliphatic carbocycles. The van der Waals surface area contributed by atoms with Crippen LogP contribution in [0.1, 0.15) is 24.0 Å². The van der Waals surface area contributed by atoms with E-state index in [0.717, 1.165) is 36.3 Å². The highest BCUT2D eigenvalue weighted by molar-refractivity contribution is 6.18. The maximum absolute atomic E-state index is 5.84. The van der Waals surface area contributed by atoms with Gasteiger partial charge in [-0.2, -0.15) is 0 Å². The lowest BCUT2D eigenvalue weighted by molar-refractivity contribution is 0.141. The average Bonchev–Trinajstić information content (AvgIpc) is 2.85. The molecule has 0 amide bonds. The van der Waals surface area contributed by atoms with Crippen molar-refractivity contribution in [1.82, 2.24) is 0 Å². The second-order valence-corrected chi connectivity index (χ2v) is 4.70. The van der Waals surface area contributed by atoms with Gasteiger partial charge in [-0.1, -0.05) is 11.8 Å². The fraction of sp³-hybridized carbons (Fsp3) is 0.467. The zero-order chi connectivity index (χ0) is 12.8. The van der Waals surface area contributed by atoms with E-state index in [1.54, 1.807) is 0 Å². The van der Waals surface area contributed by atoms with Crippen LogP contribution in [-0.2, 0) is 4.74 Å². The van der Waals surface area contributed by atoms with E-state index in [9.17, 15) is 0 Å². The van der Waals surface area contributed by atoms with Crippen LogP contribution in [0.3, 0.4) is 0 Å². The number of rotatable bonds is 3. The molecule has 18 heavy (non-hydrogen) atoms. The van der Waals surface area contributed by atoms with Crippen LogP contribution in [0.5, 0.6) is 5.75 Å². The molecule has 1 aromatic carbocycles. The molecule has 0 spiro atoms. The predicted octanol–water partition coefficient (Wildman–Crippen LogP) is 3.14. The Labute approximate surface area is 113 Å². The highest BCUT2D eigenvalue weighted by atomic mass is 35.5. The summed E-state index contributed by atoms with van der Waals surface area (Å²) in [7, 11) is 0. The minimum absolute atomic E-state index is 0.192. The minimum atomic E-state index is 0.192. The number of alkyl halides is 1. The lowest BCUT2D eigenvalue weighted by Gasteiger charge is -2.12. The van der Waals surface area contributed by atoms with Crippen LogP contribution in [0.15, 0.2) is 18.2 Å². The van der Waals surface area contributed by atoms with Crippen molar-refractivity contribution in [3.05, 3.63) is 29.3 Å². The third kappa shape index (κ3) is 3.66. The van der Waals surface area contributed by atoms with Crippen molar-refractivity contribution in [3.63, 3.8) is 0 Å². The summed E-state index contributed by atoms with van der Waals surface area (Å²) in [4.78, 5) is 0. The van der Waals surface area contributed by atoms with Crippen molar-refractivity contribution in [2.75, 3.05) is 19.1 Å². The minimum Gasteiger partial charge on any atom is -0.488 e. The number of hydrogen-bond acceptors (Lipinski definition) is 2. The van der Waals surface area contributed by atoms with Gasteiger partial charge in [-0.25, -0.2) is 0 Å². The maximum atomic E-state index is 5.84. The van der Waals surface area contributed by atoms with Gasteiger partial charge in [0, 0.05) is 24.3 Å². The van der Waals surface area contributed by atoms with Crippen LogP contribution < -0.4 is 4.74 Å². The van der Waals surface area contributed by atoms with Crippen molar-refractivity contribution in [1.29, 1.82) is 0 Å². The Balaban J connectivity index is 2.02. The Morgan fingerprint density at radius 3 is 3.06 bits per heavy atom. The molecule has 0 aromatic heterocycles. The first kappa shape index (κ1) is 13.3. The van der Waals surface area contributed by atoms with Crippen molar-refractivity contribution in [3.8, 4) is 17.6 Å². The monoisotopic (exact) mass is 264 g/mol. The summed E-state index contributed by atoms with van der Waals surface area (Å²) < 4.78 is 11.1. The topological polar surface area (TPSA) is 18.5 Å². The fourth-order valence-electron chi connectivity index (χ4n) is 1.85. The Hall–Kier alpha value is -1.17. The van der Waals surface area contributed by atoms with Gasteiger partial charge in [0.15, 0.2) is 0 Å². The first-order chi connectivity index (χ1) is 8.79. The standard InChI is InChI=1S/C15H17ClO2/c1-12-10-14(18-15-7-9-17-11-15)6-5-13(12)4-2-3-8-16/h5-6,10,15H,3,7-9,11H2,1H3. The van der Waals surface area contributed by atoms with Gasteiger partial charge in [-0.3, -0.25) is 0 Å². The molecule has 1 aliphatic heterocycles. The molecule has 1 saturated heterocycles. The van der Waals surface area contributed by atoms with Gasteiger partial charge in [0.05, 0.1) is 13.2 Å². The summed E-state index contributed by atoms with van der Waals surface area (Å²) in [5, 5.41) is 0. The molecule has 1 aromatic rings. The van der Waals surface area contributed by atoms with Crippen molar-refractivity contribution >= 4 is 11.6 Å². The molecule has 0 N–H and O–H groups in total. The van der Waals surface area contributed by atoms with E-state index in [-0.39, 0.29) is 6.10 Å². The maximum Gasteiger partial charge on any atom is 0.124 e. The largest absolute Gasteiger partial charge is 0.488 e. The zero-order valence-corrected chi connectivity index (χ0v) is 11.3. The van der Waals surface area contributed by atoms with Crippen molar-refractivity contribution < 1.29 is 9.47 Å². The van der Waals surface area contributed by atoms with E-state index in [2.05, 4.69) is 11.8 Å². The van der Waals surface area contributed by atoms with Gasteiger partial charge in [0.2, 0.25) is 0 Å². The summed E-state index contributed by atoms with van der Waals surface area (Å²) in [5.41, 5.74) is 2.17. The van der Waals surface area contributed by atoms with Gasteiger partial charge in [-0.15, -0.1) is 11.6 Å². The van der Waals surface area contributed by atoms with E-state index < -0.39 is 0 Å². The van der Waals surface area contributed by atoms with E-state index in [0.29, 0.717) is 12.5 Å². The zero-order valence-electron chi connectivity index (χ0n) is 10.5. The van der Waals surface area contributed by atoms with Crippen molar-refractivity contribution in [2.45, 2.75) is 25.9 Å². The summed E-state index contributed by atoms with van der Waals surface area (Å²) in [6.07, 6.45) is 1.88. The first-order valence-electron chi connectivity index (χ1n) is 6.19. The quantitative estimate of drug-likeness (QED) is 0.617. The van der Waals surface area contributed by atoms with Gasteiger partial charge >= 0.3 is 0 Å². The van der Waals surface area contributed by atoms with Crippen LogP contribution in [0.25, 0.3) is 0 Å². The van der Waals surface area contributed by atoms with Crippen LogP contribution in [0.2, 0.25) is 0 Å². The van der Waals surface area contributed by atoms with Crippen LogP contribution in [0.4, 0.5) is 0 Å². The molecule has 1 atom stereocenters. The smallest absolute Gasteiger partial charge is 0.124 e. The Morgan fingerprint density at radius 2 is 2.39 bits per heavy atom. The van der Waals surface area contributed by atoms with Gasteiger partial charge in [0.25, 0.3) is 0 Å². The summed E-state index contributed by atoms with van der Waals surface area (Å²) >= 11 is 5.59. The van der Waals surface area contributed by atoms with Crippen LogP contribution >= 0.6 is 11.6 Å². The Kier molecular flexibility index (Phi) is 4.92. The van der Waals surface area contributed by atoms with Crippen molar-refractivity contribution in [2.24, 2.45) is 0 Å². The van der Waals surface area contributed by atoms with Gasteiger partial charge in [0.1, 0.15) is 11.9 Å². The Morgan fingerprint density at radius 1 is 1.50 bits per heavy atom. The number of halogens is 1. The predicted molar refractivity (Wildman–Crippen MR) is 73.2 cm³/mol. The lowest BCUT2D eigenvalue weighted by atomic mass is 10.1. The first-order valence-corrected chi connectivity index (χ1v) is 6.73. The summed E-state index contributed by atoms with van der Waals surface area (Å²) in [6.45, 7) is 3.53. The summed E-state index contributed by atoms with van der Waals surface area (Å²) in [5.74, 6) is 7.63. The van der Waals surface area contributed by atoms with Gasteiger partial charge in [-0.05, 0) is 30.7 Å². The number of aryl methyl sites for hydroxylation is 1. The number of hydrogen-bond donors (Lipinski definition) is 0. The molecular weight excluding hydrogens is 248 g/mol. The molecule has 1 unspecified atom stereocenters. The average molecular weight is 265 g/mol. The van der Waals surface area contributed by atoms with Gasteiger partial charge < -0.3 is 9.47 Å². The van der Waals surface area contributed by atoms with E-state index in [1.165, 1.54) is 0 Å². The molecule has 3 heteroatoms. The highest BCUT2D eigenvalue weighted by Crippen LogP contribution is 2.20. The molecule has 0 bridgehead atoms. The molecule has 2 rings (SSSR count). The van der Waals surface area contributed by atoms with Crippen LogP contribution in [0, 0.1) is 18.8 Å². The molecule has 1 fully saturated rings. The summed E-state index contributed by atoms with van der Waals surface area (Å²) in [6, 6.07) is 6.00. The third-order valence-electron chi connectivity index (χ3n) is 2.83. The number of ether oxygens (including phenoxy) is 2. The molecule has 2 nitrogen and oxygen atoms in total. The molecule has 0 radical (unpaired) electrons. The molecular formula is C15H17ClO2. The molecule has 0 saturated carbocycles. The normalized spacial score (nSPS) is 18.2. The van der Waals surface area contributed by atoms with E-state index in [1.807, 2.05) is 25.1 Å². The fourth-order valence-corrected chi connectivity index (χ4v) is 1.95.